The molecule has 2 nitrogen and oxygen atoms in total. The topological polar surface area (TPSA) is 24.1 Å². The van der Waals surface area contributed by atoms with Gasteiger partial charge >= 0.3 is 0 Å². The number of aryl methyl sites for hydroxylation is 1. The summed E-state index contributed by atoms with van der Waals surface area (Å²) in [6, 6.07) is 14.6. The van der Waals surface area contributed by atoms with Crippen molar-refractivity contribution in [2.24, 2.45) is 0 Å². The van der Waals surface area contributed by atoms with E-state index in [1.165, 1.54) is 17.7 Å². The van der Waals surface area contributed by atoms with Gasteiger partial charge in [-0.25, -0.2) is 4.39 Å². The first-order valence-electron chi connectivity index (χ1n) is 7.00. The number of thiocarbonyl (C=S) groups is 1. The lowest BCUT2D eigenvalue weighted by molar-refractivity contribution is 0.624. The van der Waals surface area contributed by atoms with Crippen LogP contribution in [0, 0.1) is 5.82 Å². The molecule has 0 saturated carbocycles. The lowest BCUT2D eigenvalue weighted by Crippen LogP contribution is -2.30. The van der Waals surface area contributed by atoms with E-state index in [1.54, 1.807) is 12.1 Å². The van der Waals surface area contributed by atoms with Crippen LogP contribution < -0.4 is 10.6 Å². The molecule has 0 amide bonds. The van der Waals surface area contributed by atoms with E-state index in [1.807, 2.05) is 19.1 Å². The van der Waals surface area contributed by atoms with E-state index in [2.05, 4.69) is 29.7 Å². The molecule has 0 fully saturated rings. The van der Waals surface area contributed by atoms with Gasteiger partial charge in [0, 0.05) is 5.69 Å². The van der Waals surface area contributed by atoms with Gasteiger partial charge in [0.2, 0.25) is 0 Å². The van der Waals surface area contributed by atoms with Gasteiger partial charge in [-0.3, -0.25) is 0 Å². The predicted molar refractivity (Wildman–Crippen MR) is 90.0 cm³/mol. The summed E-state index contributed by atoms with van der Waals surface area (Å²) in [5.74, 6) is -0.233. The second-order valence-electron chi connectivity index (χ2n) is 4.93. The van der Waals surface area contributed by atoms with Gasteiger partial charge in [0.15, 0.2) is 5.11 Å². The first-order chi connectivity index (χ1) is 10.1. The third-order valence-electron chi connectivity index (χ3n) is 3.31. The Hall–Kier alpha value is -1.94. The smallest absolute Gasteiger partial charge is 0.171 e. The summed E-state index contributed by atoms with van der Waals surface area (Å²) in [6.45, 7) is 4.11. The van der Waals surface area contributed by atoms with E-state index >= 15 is 0 Å². The maximum absolute atomic E-state index is 12.9. The van der Waals surface area contributed by atoms with Gasteiger partial charge in [0.1, 0.15) is 5.82 Å². The van der Waals surface area contributed by atoms with Crippen LogP contribution in [0.4, 0.5) is 10.1 Å². The van der Waals surface area contributed by atoms with Gasteiger partial charge in [-0.2, -0.15) is 0 Å². The van der Waals surface area contributed by atoms with Crippen molar-refractivity contribution in [1.82, 2.24) is 5.32 Å². The minimum Gasteiger partial charge on any atom is -0.356 e. The van der Waals surface area contributed by atoms with Crippen molar-refractivity contribution in [1.29, 1.82) is 0 Å². The Kier molecular flexibility index (Phi) is 5.28. The molecule has 2 aromatic carbocycles. The fraction of sp³-hybridized carbons (Fsp3) is 0.235. The fourth-order valence-electron chi connectivity index (χ4n) is 2.07. The summed E-state index contributed by atoms with van der Waals surface area (Å²) in [7, 11) is 0. The molecule has 0 saturated heterocycles. The van der Waals surface area contributed by atoms with Gasteiger partial charge < -0.3 is 10.6 Å². The van der Waals surface area contributed by atoms with E-state index < -0.39 is 0 Å². The van der Waals surface area contributed by atoms with Crippen LogP contribution in [0.2, 0.25) is 0 Å². The zero-order valence-electron chi connectivity index (χ0n) is 12.2. The molecule has 21 heavy (non-hydrogen) atoms. The van der Waals surface area contributed by atoms with Crippen LogP contribution in [-0.2, 0) is 6.42 Å². The number of hydrogen-bond acceptors (Lipinski definition) is 1. The normalized spacial score (nSPS) is 11.8. The molecule has 0 spiro atoms. The Morgan fingerprint density at radius 2 is 1.90 bits per heavy atom. The minimum absolute atomic E-state index is 0.0138. The van der Waals surface area contributed by atoms with E-state index in [9.17, 15) is 4.39 Å². The Morgan fingerprint density at radius 1 is 1.19 bits per heavy atom. The average molecular weight is 302 g/mol. The van der Waals surface area contributed by atoms with Crippen LogP contribution in [0.15, 0.2) is 48.5 Å². The first-order valence-corrected chi connectivity index (χ1v) is 7.41. The Morgan fingerprint density at radius 3 is 2.57 bits per heavy atom. The highest BCUT2D eigenvalue weighted by Gasteiger charge is 2.07. The standard InChI is InChI=1S/C17H19FN2S/c1-3-13-5-4-6-16(11-13)20-17(21)19-12(2)14-7-9-15(18)10-8-14/h4-12H,3H2,1-2H3,(H2,19,20,21)/t12-/m1/s1. The molecule has 4 heteroatoms. The Bertz CT molecular complexity index is 610. The maximum atomic E-state index is 12.9. The zero-order chi connectivity index (χ0) is 15.2. The fourth-order valence-corrected chi connectivity index (χ4v) is 2.36. The van der Waals surface area contributed by atoms with Crippen molar-refractivity contribution in [2.45, 2.75) is 26.3 Å². The SMILES string of the molecule is CCc1cccc(NC(=S)N[C@H](C)c2ccc(F)cc2)c1. The van der Waals surface area contributed by atoms with Crippen molar-refractivity contribution >= 4 is 23.0 Å². The maximum Gasteiger partial charge on any atom is 0.171 e. The summed E-state index contributed by atoms with van der Waals surface area (Å²) in [6.07, 6.45) is 0.988. The largest absolute Gasteiger partial charge is 0.356 e. The molecule has 2 N–H and O–H groups in total. The van der Waals surface area contributed by atoms with Crippen LogP contribution in [0.5, 0.6) is 0 Å². The molecule has 110 valence electrons. The van der Waals surface area contributed by atoms with Crippen molar-refractivity contribution in [3.63, 3.8) is 0 Å². The van der Waals surface area contributed by atoms with E-state index in [4.69, 9.17) is 12.2 Å². The highest BCUT2D eigenvalue weighted by Crippen LogP contribution is 2.14. The highest BCUT2D eigenvalue weighted by atomic mass is 32.1. The molecule has 2 rings (SSSR count). The molecule has 1 atom stereocenters. The Labute approximate surface area is 130 Å². The Balaban J connectivity index is 1.96. The first kappa shape index (κ1) is 15.4. The molecule has 0 aliphatic rings. The number of anilines is 1. The van der Waals surface area contributed by atoms with Crippen LogP contribution in [-0.4, -0.2) is 5.11 Å². The van der Waals surface area contributed by atoms with Gasteiger partial charge in [-0.1, -0.05) is 31.2 Å². The lowest BCUT2D eigenvalue weighted by atomic mass is 10.1. The quantitative estimate of drug-likeness (QED) is 0.817. The molecular weight excluding hydrogens is 283 g/mol. The molecule has 0 unspecified atom stereocenters. The number of halogens is 1. The van der Waals surface area contributed by atoms with Crippen LogP contribution in [0.25, 0.3) is 0 Å². The minimum atomic E-state index is -0.233. The summed E-state index contributed by atoms with van der Waals surface area (Å²) >= 11 is 5.32. The monoisotopic (exact) mass is 302 g/mol. The van der Waals surface area contributed by atoms with Crippen LogP contribution in [0.3, 0.4) is 0 Å². The van der Waals surface area contributed by atoms with E-state index in [0.29, 0.717) is 5.11 Å². The van der Waals surface area contributed by atoms with Crippen LogP contribution in [0.1, 0.15) is 31.0 Å². The highest BCUT2D eigenvalue weighted by molar-refractivity contribution is 7.80. The molecule has 0 bridgehead atoms. The number of rotatable bonds is 4. The molecule has 0 radical (unpaired) electrons. The zero-order valence-corrected chi connectivity index (χ0v) is 13.0. The third kappa shape index (κ3) is 4.53. The van der Waals surface area contributed by atoms with Crippen molar-refractivity contribution in [3.8, 4) is 0 Å². The van der Waals surface area contributed by atoms with E-state index in [-0.39, 0.29) is 11.9 Å². The average Bonchev–Trinajstić information content (AvgIpc) is 2.47. The van der Waals surface area contributed by atoms with Crippen LogP contribution >= 0.6 is 12.2 Å². The van der Waals surface area contributed by atoms with Crippen molar-refractivity contribution < 1.29 is 4.39 Å². The van der Waals surface area contributed by atoms with Gasteiger partial charge in [0.05, 0.1) is 6.04 Å². The predicted octanol–water partition coefficient (Wildman–Crippen LogP) is 4.44. The van der Waals surface area contributed by atoms with E-state index in [0.717, 1.165) is 17.7 Å². The summed E-state index contributed by atoms with van der Waals surface area (Å²) < 4.78 is 12.9. The number of benzene rings is 2. The summed E-state index contributed by atoms with van der Waals surface area (Å²) in [5, 5.41) is 6.93. The third-order valence-corrected chi connectivity index (χ3v) is 3.53. The van der Waals surface area contributed by atoms with Gasteiger partial charge in [-0.15, -0.1) is 0 Å². The lowest BCUT2D eigenvalue weighted by Gasteiger charge is -2.17. The van der Waals surface area contributed by atoms with Crippen molar-refractivity contribution in [3.05, 3.63) is 65.5 Å². The number of nitrogens with one attached hydrogen (secondary N) is 2. The van der Waals surface area contributed by atoms with Gasteiger partial charge in [-0.05, 0) is 61.0 Å². The molecule has 0 aliphatic heterocycles. The van der Waals surface area contributed by atoms with Gasteiger partial charge in [0.25, 0.3) is 0 Å². The molecule has 0 aromatic heterocycles. The molecular formula is C17H19FN2S. The molecule has 2 aromatic rings. The molecule has 0 heterocycles. The second kappa shape index (κ2) is 7.18. The molecule has 0 aliphatic carbocycles. The number of hydrogen-bond donors (Lipinski definition) is 2. The van der Waals surface area contributed by atoms with Crippen molar-refractivity contribution in [2.75, 3.05) is 5.32 Å². The second-order valence-corrected chi connectivity index (χ2v) is 5.33. The summed E-state index contributed by atoms with van der Waals surface area (Å²) in [5.41, 5.74) is 3.22. The summed E-state index contributed by atoms with van der Waals surface area (Å²) in [4.78, 5) is 0.